The second kappa shape index (κ2) is 9.74. The summed E-state index contributed by atoms with van der Waals surface area (Å²) in [5.41, 5.74) is -1.04. The molecule has 0 fully saturated rings. The van der Waals surface area contributed by atoms with Gasteiger partial charge in [0.05, 0.1) is 6.61 Å². The van der Waals surface area contributed by atoms with Crippen LogP contribution in [0.15, 0.2) is 39.5 Å². The SMILES string of the molecule is CC.CCOP(=O)(O)COc1cc(-c2oc3cc(O)cc(O)c3c(=O)c2O)ccc1O. The van der Waals surface area contributed by atoms with E-state index in [4.69, 9.17) is 9.15 Å². The van der Waals surface area contributed by atoms with E-state index in [0.717, 1.165) is 18.2 Å². The quantitative estimate of drug-likeness (QED) is 0.345. The number of hydrogen-bond acceptors (Lipinski definition) is 9. The van der Waals surface area contributed by atoms with Crippen molar-refractivity contribution in [2.75, 3.05) is 13.0 Å². The summed E-state index contributed by atoms with van der Waals surface area (Å²) in [5, 5.41) is 39.3. The van der Waals surface area contributed by atoms with Crippen LogP contribution in [0.4, 0.5) is 0 Å². The van der Waals surface area contributed by atoms with Crippen molar-refractivity contribution >= 4 is 18.6 Å². The van der Waals surface area contributed by atoms with Gasteiger partial charge in [0.25, 0.3) is 0 Å². The van der Waals surface area contributed by atoms with E-state index >= 15 is 0 Å². The van der Waals surface area contributed by atoms with Gasteiger partial charge in [-0.2, -0.15) is 0 Å². The molecule has 0 spiro atoms. The minimum Gasteiger partial charge on any atom is -0.508 e. The second-order valence-corrected chi connectivity index (χ2v) is 7.75. The van der Waals surface area contributed by atoms with Gasteiger partial charge < -0.3 is 39.0 Å². The summed E-state index contributed by atoms with van der Waals surface area (Å²) < 4.78 is 27.0. The van der Waals surface area contributed by atoms with Crippen LogP contribution in [-0.2, 0) is 9.09 Å². The Kier molecular flexibility index (Phi) is 7.56. The molecule has 0 aliphatic rings. The number of benzene rings is 2. The second-order valence-electron chi connectivity index (χ2n) is 5.96. The van der Waals surface area contributed by atoms with E-state index in [0.29, 0.717) is 0 Å². The Hall–Kier alpha value is -3.20. The zero-order valence-corrected chi connectivity index (χ0v) is 17.9. The van der Waals surface area contributed by atoms with E-state index in [1.54, 1.807) is 0 Å². The zero-order chi connectivity index (χ0) is 23.3. The average Bonchev–Trinajstić information content (AvgIpc) is 2.71. The third-order valence-corrected chi connectivity index (χ3v) is 4.99. The van der Waals surface area contributed by atoms with Crippen LogP contribution in [0.5, 0.6) is 28.7 Å². The van der Waals surface area contributed by atoms with E-state index in [1.165, 1.54) is 19.1 Å². The minimum absolute atomic E-state index is 0.0149. The Balaban J connectivity index is 0.00000166. The molecular formula is C20H23O10P. The van der Waals surface area contributed by atoms with E-state index in [1.807, 2.05) is 13.8 Å². The molecule has 1 atom stereocenters. The van der Waals surface area contributed by atoms with Crippen LogP contribution in [0.2, 0.25) is 0 Å². The molecule has 0 saturated heterocycles. The van der Waals surface area contributed by atoms with Crippen LogP contribution >= 0.6 is 7.60 Å². The number of ether oxygens (including phenoxy) is 1. The van der Waals surface area contributed by atoms with Gasteiger partial charge in [0.15, 0.2) is 23.6 Å². The molecule has 1 aromatic heterocycles. The lowest BCUT2D eigenvalue weighted by atomic mass is 10.1. The van der Waals surface area contributed by atoms with Gasteiger partial charge in [-0.05, 0) is 25.1 Å². The predicted molar refractivity (Wildman–Crippen MR) is 113 cm³/mol. The highest BCUT2D eigenvalue weighted by molar-refractivity contribution is 7.52. The van der Waals surface area contributed by atoms with Crippen LogP contribution in [0, 0.1) is 0 Å². The summed E-state index contributed by atoms with van der Waals surface area (Å²) in [6.45, 7) is 5.51. The van der Waals surface area contributed by atoms with E-state index in [2.05, 4.69) is 4.52 Å². The molecule has 1 unspecified atom stereocenters. The lowest BCUT2D eigenvalue weighted by Gasteiger charge is -2.14. The maximum atomic E-state index is 12.4. The van der Waals surface area contributed by atoms with Gasteiger partial charge in [-0.25, -0.2) is 0 Å². The van der Waals surface area contributed by atoms with Crippen LogP contribution in [-0.4, -0.2) is 38.3 Å². The fourth-order valence-electron chi connectivity index (χ4n) is 2.63. The van der Waals surface area contributed by atoms with Crippen molar-refractivity contribution in [3.63, 3.8) is 0 Å². The number of phenols is 3. The molecule has 0 amide bonds. The first-order valence-electron chi connectivity index (χ1n) is 9.27. The molecule has 0 bridgehead atoms. The summed E-state index contributed by atoms with van der Waals surface area (Å²) in [4.78, 5) is 22.0. The summed E-state index contributed by atoms with van der Waals surface area (Å²) in [6, 6.07) is 5.65. The summed E-state index contributed by atoms with van der Waals surface area (Å²) in [5.74, 6) is -2.67. The molecule has 0 aliphatic heterocycles. The molecule has 3 aromatic rings. The van der Waals surface area contributed by atoms with Gasteiger partial charge in [0.1, 0.15) is 22.5 Å². The van der Waals surface area contributed by atoms with Crippen molar-refractivity contribution in [1.82, 2.24) is 0 Å². The molecule has 0 aliphatic carbocycles. The summed E-state index contributed by atoms with van der Waals surface area (Å²) >= 11 is 0. The van der Waals surface area contributed by atoms with Gasteiger partial charge in [0, 0.05) is 17.7 Å². The molecule has 168 valence electrons. The number of aromatic hydroxyl groups is 4. The fourth-order valence-corrected chi connectivity index (χ4v) is 3.41. The largest absolute Gasteiger partial charge is 0.508 e. The molecule has 0 saturated carbocycles. The van der Waals surface area contributed by atoms with Gasteiger partial charge in [-0.3, -0.25) is 9.36 Å². The predicted octanol–water partition coefficient (Wildman–Crippen LogP) is 3.87. The van der Waals surface area contributed by atoms with E-state index < -0.39 is 30.9 Å². The molecule has 3 rings (SSSR count). The Labute approximate surface area is 177 Å². The highest BCUT2D eigenvalue weighted by Gasteiger charge is 2.22. The lowest BCUT2D eigenvalue weighted by molar-refractivity contribution is 0.238. The Morgan fingerprint density at radius 1 is 1.03 bits per heavy atom. The monoisotopic (exact) mass is 454 g/mol. The first kappa shape index (κ1) is 24.1. The summed E-state index contributed by atoms with van der Waals surface area (Å²) in [6.07, 6.45) is -0.743. The van der Waals surface area contributed by atoms with E-state index in [9.17, 15) is 34.7 Å². The van der Waals surface area contributed by atoms with Crippen LogP contribution < -0.4 is 10.2 Å². The van der Waals surface area contributed by atoms with Crippen molar-refractivity contribution in [1.29, 1.82) is 0 Å². The lowest BCUT2D eigenvalue weighted by Crippen LogP contribution is -2.04. The average molecular weight is 454 g/mol. The van der Waals surface area contributed by atoms with Crippen LogP contribution in [0.1, 0.15) is 20.8 Å². The highest BCUT2D eigenvalue weighted by Crippen LogP contribution is 2.44. The molecule has 11 heteroatoms. The van der Waals surface area contributed by atoms with Crippen molar-refractivity contribution in [3.05, 3.63) is 40.6 Å². The maximum Gasteiger partial charge on any atom is 0.365 e. The normalized spacial score (nSPS) is 12.6. The first-order valence-corrected chi connectivity index (χ1v) is 11.0. The number of phenolic OH excluding ortho intramolecular Hbond substituents is 3. The third kappa shape index (κ3) is 5.29. The standard InChI is InChI=1S/C18H17O10P.C2H6/c1-2-27-29(24,25)8-26-13-5-9(3-4-11(13)20)18-17(23)16(22)15-12(21)6-10(19)7-14(15)28-18;1-2/h3-7,19-21,23H,2,8H2,1H3,(H,24,25);1-2H3. The molecule has 1 heterocycles. The smallest absolute Gasteiger partial charge is 0.365 e. The van der Waals surface area contributed by atoms with Gasteiger partial charge in [-0.1, -0.05) is 13.8 Å². The van der Waals surface area contributed by atoms with E-state index in [-0.39, 0.29) is 46.1 Å². The van der Waals surface area contributed by atoms with Crippen molar-refractivity contribution in [3.8, 4) is 40.1 Å². The van der Waals surface area contributed by atoms with Crippen molar-refractivity contribution in [2.45, 2.75) is 20.8 Å². The fraction of sp³-hybridized carbons (Fsp3) is 0.250. The van der Waals surface area contributed by atoms with Crippen molar-refractivity contribution in [2.24, 2.45) is 0 Å². The Morgan fingerprint density at radius 3 is 2.35 bits per heavy atom. The number of rotatable bonds is 6. The molecule has 5 N–H and O–H groups in total. The number of hydrogen-bond donors (Lipinski definition) is 5. The Bertz CT molecular complexity index is 1180. The Morgan fingerprint density at radius 2 is 1.71 bits per heavy atom. The van der Waals surface area contributed by atoms with Crippen molar-refractivity contribution < 1.29 is 43.6 Å². The maximum absolute atomic E-state index is 12.4. The summed E-state index contributed by atoms with van der Waals surface area (Å²) in [7, 11) is -4.04. The minimum atomic E-state index is -4.04. The zero-order valence-electron chi connectivity index (χ0n) is 17.0. The molecule has 0 radical (unpaired) electrons. The van der Waals surface area contributed by atoms with Gasteiger partial charge in [0.2, 0.25) is 11.2 Å². The molecule has 31 heavy (non-hydrogen) atoms. The van der Waals surface area contributed by atoms with Crippen LogP contribution in [0.25, 0.3) is 22.3 Å². The topological polar surface area (TPSA) is 167 Å². The number of fused-ring (bicyclic) bond motifs is 1. The molecular weight excluding hydrogens is 431 g/mol. The van der Waals surface area contributed by atoms with Crippen LogP contribution in [0.3, 0.4) is 0 Å². The third-order valence-electron chi connectivity index (χ3n) is 3.87. The highest BCUT2D eigenvalue weighted by atomic mass is 31.2. The molecule has 10 nitrogen and oxygen atoms in total. The first-order chi connectivity index (χ1) is 14.6. The van der Waals surface area contributed by atoms with Gasteiger partial charge in [-0.15, -0.1) is 0 Å². The van der Waals surface area contributed by atoms with Gasteiger partial charge >= 0.3 is 7.60 Å². The molecule has 2 aromatic carbocycles.